The van der Waals surface area contributed by atoms with E-state index in [1.165, 1.54) is 19.3 Å². The van der Waals surface area contributed by atoms with Crippen molar-refractivity contribution < 1.29 is 9.32 Å². The van der Waals surface area contributed by atoms with Gasteiger partial charge in [-0.3, -0.25) is 4.79 Å². The molecule has 2 aliphatic rings. The van der Waals surface area contributed by atoms with Crippen LogP contribution in [0, 0.1) is 31.6 Å². The highest BCUT2D eigenvalue weighted by Crippen LogP contribution is 2.41. The lowest BCUT2D eigenvalue weighted by Crippen LogP contribution is -2.49. The Morgan fingerprint density at radius 3 is 2.57 bits per heavy atom. The lowest BCUT2D eigenvalue weighted by molar-refractivity contribution is -0.127. The molecule has 1 amide bonds. The molecule has 3 atom stereocenters. The summed E-state index contributed by atoms with van der Waals surface area (Å²) in [5, 5.41) is 7.15. The van der Waals surface area contributed by atoms with Gasteiger partial charge in [-0.05, 0) is 51.4 Å². The van der Waals surface area contributed by atoms with Crippen LogP contribution < -0.4 is 11.1 Å². The molecule has 0 saturated heterocycles. The highest BCUT2D eigenvalue weighted by atomic mass is 16.5. The van der Waals surface area contributed by atoms with Gasteiger partial charge in [0.2, 0.25) is 5.91 Å². The standard InChI is InChI=1S/C18H29N3O2/c1-10(16-11(2)21-23-12(16)3)9-20-18(22)15-7-13-5-4-6-14(8-15)17(13)19/h10,13-15,17H,4-9,19H2,1-3H3,(H,20,22). The summed E-state index contributed by atoms with van der Waals surface area (Å²) in [6.07, 6.45) is 5.58. The molecular formula is C18H29N3O2. The lowest BCUT2D eigenvalue weighted by Gasteiger charge is -2.43. The summed E-state index contributed by atoms with van der Waals surface area (Å²) in [6, 6.07) is 0.314. The van der Waals surface area contributed by atoms with Crippen molar-refractivity contribution in [2.75, 3.05) is 6.54 Å². The topological polar surface area (TPSA) is 81.2 Å². The SMILES string of the molecule is Cc1noc(C)c1C(C)CNC(=O)C1CC2CCCC(C1)C2N. The van der Waals surface area contributed by atoms with Crippen molar-refractivity contribution in [2.24, 2.45) is 23.5 Å². The Labute approximate surface area is 138 Å². The number of fused-ring (bicyclic) bond motifs is 2. The Kier molecular flexibility index (Phi) is 4.76. The average Bonchev–Trinajstić information content (AvgIpc) is 2.83. The van der Waals surface area contributed by atoms with E-state index < -0.39 is 0 Å². The van der Waals surface area contributed by atoms with Gasteiger partial charge in [-0.2, -0.15) is 0 Å². The number of aryl methyl sites for hydroxylation is 2. The predicted octanol–water partition coefficient (Wildman–Crippen LogP) is 2.66. The van der Waals surface area contributed by atoms with Crippen molar-refractivity contribution >= 4 is 5.91 Å². The molecule has 0 spiro atoms. The van der Waals surface area contributed by atoms with Crippen LogP contribution in [0.25, 0.3) is 0 Å². The molecular weight excluding hydrogens is 290 g/mol. The number of nitrogens with zero attached hydrogens (tertiary/aromatic N) is 1. The smallest absolute Gasteiger partial charge is 0.223 e. The third-order valence-electron chi connectivity index (χ3n) is 5.95. The largest absolute Gasteiger partial charge is 0.361 e. The van der Waals surface area contributed by atoms with Crippen LogP contribution in [0.5, 0.6) is 0 Å². The number of nitrogens with two attached hydrogens (primary N) is 1. The minimum atomic E-state index is 0.141. The monoisotopic (exact) mass is 319 g/mol. The Morgan fingerprint density at radius 1 is 1.35 bits per heavy atom. The number of hydrogen-bond acceptors (Lipinski definition) is 4. The molecule has 0 aromatic carbocycles. The zero-order valence-corrected chi connectivity index (χ0v) is 14.5. The third-order valence-corrected chi connectivity index (χ3v) is 5.95. The quantitative estimate of drug-likeness (QED) is 0.894. The first-order valence-corrected chi connectivity index (χ1v) is 8.93. The minimum Gasteiger partial charge on any atom is -0.361 e. The first kappa shape index (κ1) is 16.5. The molecule has 0 aliphatic heterocycles. The van der Waals surface area contributed by atoms with Crippen molar-refractivity contribution in [3.8, 4) is 0 Å². The number of amides is 1. The zero-order chi connectivity index (χ0) is 16.6. The first-order chi connectivity index (χ1) is 11.0. The van der Waals surface area contributed by atoms with Crippen molar-refractivity contribution in [1.29, 1.82) is 0 Å². The summed E-state index contributed by atoms with van der Waals surface area (Å²) >= 11 is 0. The molecule has 1 aromatic heterocycles. The van der Waals surface area contributed by atoms with E-state index in [1.54, 1.807) is 0 Å². The van der Waals surface area contributed by atoms with Gasteiger partial charge in [0.05, 0.1) is 5.69 Å². The second-order valence-corrected chi connectivity index (χ2v) is 7.58. The maximum Gasteiger partial charge on any atom is 0.223 e. The van der Waals surface area contributed by atoms with Gasteiger partial charge in [0.25, 0.3) is 0 Å². The molecule has 5 nitrogen and oxygen atoms in total. The van der Waals surface area contributed by atoms with Crippen LogP contribution in [0.4, 0.5) is 0 Å². The summed E-state index contributed by atoms with van der Waals surface area (Å²) < 4.78 is 5.23. The molecule has 2 aliphatic carbocycles. The van der Waals surface area contributed by atoms with Crippen molar-refractivity contribution in [2.45, 2.75) is 64.8 Å². The number of carbonyl (C=O) groups excluding carboxylic acids is 1. The zero-order valence-electron chi connectivity index (χ0n) is 14.5. The van der Waals surface area contributed by atoms with Gasteiger partial charge in [-0.1, -0.05) is 18.5 Å². The molecule has 128 valence electrons. The molecule has 23 heavy (non-hydrogen) atoms. The lowest BCUT2D eigenvalue weighted by atomic mass is 9.65. The van der Waals surface area contributed by atoms with E-state index in [0.717, 1.165) is 29.9 Å². The highest BCUT2D eigenvalue weighted by Gasteiger charge is 2.40. The number of hydrogen-bond donors (Lipinski definition) is 2. The number of carbonyl (C=O) groups is 1. The van der Waals surface area contributed by atoms with Crippen molar-refractivity contribution in [3.05, 3.63) is 17.0 Å². The van der Waals surface area contributed by atoms with Crippen LogP contribution in [0.15, 0.2) is 4.52 Å². The second-order valence-electron chi connectivity index (χ2n) is 7.58. The van der Waals surface area contributed by atoms with E-state index in [-0.39, 0.29) is 17.7 Å². The summed E-state index contributed by atoms with van der Waals surface area (Å²) in [5.41, 5.74) is 8.35. The van der Waals surface area contributed by atoms with Crippen molar-refractivity contribution in [1.82, 2.24) is 10.5 Å². The molecule has 1 aromatic rings. The number of rotatable bonds is 4. The fourth-order valence-electron chi connectivity index (χ4n) is 4.70. The van der Waals surface area contributed by atoms with Gasteiger partial charge in [-0.25, -0.2) is 0 Å². The fourth-order valence-corrected chi connectivity index (χ4v) is 4.70. The highest BCUT2D eigenvalue weighted by molar-refractivity contribution is 5.78. The number of nitrogens with one attached hydrogen (secondary N) is 1. The Bertz CT molecular complexity index is 535. The van der Waals surface area contributed by atoms with Crippen molar-refractivity contribution in [3.63, 3.8) is 0 Å². The van der Waals surface area contributed by atoms with E-state index in [4.69, 9.17) is 10.3 Å². The Morgan fingerprint density at radius 2 is 2.00 bits per heavy atom. The van der Waals surface area contributed by atoms with Crippen LogP contribution in [-0.4, -0.2) is 23.7 Å². The number of aromatic nitrogens is 1. The maximum absolute atomic E-state index is 12.6. The summed E-state index contributed by atoms with van der Waals surface area (Å²) in [5.74, 6) is 2.49. The van der Waals surface area contributed by atoms with Crippen LogP contribution in [0.3, 0.4) is 0 Å². The average molecular weight is 319 g/mol. The van der Waals surface area contributed by atoms with E-state index in [9.17, 15) is 4.79 Å². The van der Waals surface area contributed by atoms with E-state index in [1.807, 2.05) is 13.8 Å². The van der Waals surface area contributed by atoms with E-state index in [0.29, 0.717) is 24.4 Å². The first-order valence-electron chi connectivity index (χ1n) is 8.93. The predicted molar refractivity (Wildman–Crippen MR) is 88.9 cm³/mol. The summed E-state index contributed by atoms with van der Waals surface area (Å²) in [7, 11) is 0. The van der Waals surface area contributed by atoms with Crippen LogP contribution in [0.2, 0.25) is 0 Å². The van der Waals surface area contributed by atoms with Gasteiger partial charge < -0.3 is 15.6 Å². The second kappa shape index (κ2) is 6.63. The van der Waals surface area contributed by atoms with Gasteiger partial charge in [0.15, 0.2) is 0 Å². The van der Waals surface area contributed by atoms with E-state index in [2.05, 4.69) is 17.4 Å². The molecule has 2 bridgehead atoms. The van der Waals surface area contributed by atoms with Crippen LogP contribution in [-0.2, 0) is 4.79 Å². The van der Waals surface area contributed by atoms with Gasteiger partial charge in [-0.15, -0.1) is 0 Å². The van der Waals surface area contributed by atoms with Crippen LogP contribution in [0.1, 0.15) is 62.0 Å². The summed E-state index contributed by atoms with van der Waals surface area (Å²) in [6.45, 7) is 6.63. The van der Waals surface area contributed by atoms with Gasteiger partial charge in [0, 0.05) is 30.0 Å². The summed E-state index contributed by atoms with van der Waals surface area (Å²) in [4.78, 5) is 12.6. The molecule has 5 heteroatoms. The molecule has 3 N–H and O–H groups in total. The normalized spacial score (nSPS) is 31.7. The molecule has 2 saturated carbocycles. The molecule has 3 unspecified atom stereocenters. The van der Waals surface area contributed by atoms with E-state index >= 15 is 0 Å². The van der Waals surface area contributed by atoms with Gasteiger partial charge >= 0.3 is 0 Å². The van der Waals surface area contributed by atoms with Crippen LogP contribution >= 0.6 is 0 Å². The molecule has 2 fully saturated rings. The molecule has 0 radical (unpaired) electrons. The fraction of sp³-hybridized carbons (Fsp3) is 0.778. The molecule has 3 rings (SSSR count). The third kappa shape index (κ3) is 3.30. The minimum absolute atomic E-state index is 0.141. The Hall–Kier alpha value is -1.36. The van der Waals surface area contributed by atoms with Gasteiger partial charge in [0.1, 0.15) is 5.76 Å². The Balaban J connectivity index is 1.56. The maximum atomic E-state index is 12.6. The molecule has 1 heterocycles.